The highest BCUT2D eigenvalue weighted by Crippen LogP contribution is 2.35. The fraction of sp³-hybridized carbons (Fsp3) is 0.111. The molecule has 128 valence electrons. The minimum absolute atomic E-state index is 0.0424. The van der Waals surface area contributed by atoms with Crippen LogP contribution in [0.4, 0.5) is 13.2 Å². The van der Waals surface area contributed by atoms with E-state index in [2.05, 4.69) is 10.7 Å². The molecule has 3 aromatic rings. The zero-order valence-electron chi connectivity index (χ0n) is 12.6. The van der Waals surface area contributed by atoms with Gasteiger partial charge < -0.3 is 14.4 Å². The number of hydrogen-bond donors (Lipinski definition) is 1. The maximum Gasteiger partial charge on any atom is 0.573 e. The number of halogens is 4. The second-order valence-electron chi connectivity index (χ2n) is 5.34. The average molecular weight is 366 g/mol. The number of benzene rings is 2. The molecule has 0 spiro atoms. The molecule has 1 aromatic heterocycles. The monoisotopic (exact) mass is 365 g/mol. The Hall–Kier alpha value is -2.78. The summed E-state index contributed by atoms with van der Waals surface area (Å²) in [7, 11) is 0. The van der Waals surface area contributed by atoms with Crippen LogP contribution in [-0.2, 0) is 6.54 Å². The van der Waals surface area contributed by atoms with Crippen LogP contribution in [0.3, 0.4) is 0 Å². The highest BCUT2D eigenvalue weighted by atomic mass is 35.5. The normalized spacial score (nSPS) is 11.5. The molecular weight excluding hydrogens is 355 g/mol. The lowest BCUT2D eigenvalue weighted by atomic mass is 10.1. The van der Waals surface area contributed by atoms with Crippen molar-refractivity contribution in [3.63, 3.8) is 0 Å². The maximum atomic E-state index is 12.2. The summed E-state index contributed by atoms with van der Waals surface area (Å²) in [4.78, 5) is 0. The Kier molecular flexibility index (Phi) is 4.27. The molecule has 0 atom stereocenters. The molecule has 0 aliphatic rings. The fourth-order valence-corrected chi connectivity index (χ4v) is 2.85. The molecule has 0 aliphatic heterocycles. The van der Waals surface area contributed by atoms with Crippen molar-refractivity contribution in [2.45, 2.75) is 12.9 Å². The van der Waals surface area contributed by atoms with Crippen molar-refractivity contribution >= 4 is 22.4 Å². The molecule has 3 nitrogen and oxygen atoms in total. The van der Waals surface area contributed by atoms with Crippen molar-refractivity contribution in [3.05, 3.63) is 58.7 Å². The molecule has 2 aromatic carbocycles. The first-order valence-electron chi connectivity index (χ1n) is 7.09. The number of alkyl halides is 3. The summed E-state index contributed by atoms with van der Waals surface area (Å²) in [5.41, 5.74) is 1.27. The van der Waals surface area contributed by atoms with Crippen molar-refractivity contribution in [2.75, 3.05) is 0 Å². The van der Waals surface area contributed by atoms with Gasteiger partial charge in [-0.2, -0.15) is 0 Å². The summed E-state index contributed by atoms with van der Waals surface area (Å²) in [6, 6.07) is 8.70. The van der Waals surface area contributed by atoms with Gasteiger partial charge in [0.1, 0.15) is 5.75 Å². The third-order valence-electron chi connectivity index (χ3n) is 3.59. The molecule has 3 rings (SSSR count). The lowest BCUT2D eigenvalue weighted by Gasteiger charge is -2.10. The minimum Gasteiger partial charge on any atom is -0.494 e. The number of rotatable bonds is 3. The van der Waals surface area contributed by atoms with Gasteiger partial charge in [0.15, 0.2) is 0 Å². The van der Waals surface area contributed by atoms with Crippen LogP contribution in [0.25, 0.3) is 10.8 Å². The quantitative estimate of drug-likeness (QED) is 0.668. The Morgan fingerprint density at radius 2 is 1.88 bits per heavy atom. The molecule has 0 bridgehead atoms. The van der Waals surface area contributed by atoms with E-state index in [1.54, 1.807) is 18.3 Å². The summed E-state index contributed by atoms with van der Waals surface area (Å²) in [6.07, 6.45) is 2.31. The summed E-state index contributed by atoms with van der Waals surface area (Å²) in [5, 5.41) is 11.8. The molecule has 0 saturated carbocycles. The van der Waals surface area contributed by atoms with E-state index in [1.165, 1.54) is 28.8 Å². The van der Waals surface area contributed by atoms with Gasteiger partial charge in [0, 0.05) is 17.1 Å². The zero-order valence-corrected chi connectivity index (χ0v) is 13.4. The highest BCUT2D eigenvalue weighted by Gasteiger charge is 2.30. The van der Waals surface area contributed by atoms with Crippen LogP contribution in [0.1, 0.15) is 11.1 Å². The number of fused-ring (bicyclic) bond motifs is 1. The van der Waals surface area contributed by atoms with Crippen LogP contribution in [0.2, 0.25) is 5.02 Å². The lowest BCUT2D eigenvalue weighted by molar-refractivity contribution is -0.274. The fourth-order valence-electron chi connectivity index (χ4n) is 2.54. The number of hydrogen-bond acceptors (Lipinski definition) is 2. The van der Waals surface area contributed by atoms with E-state index >= 15 is 0 Å². The van der Waals surface area contributed by atoms with Gasteiger partial charge in [-0.1, -0.05) is 29.7 Å². The van der Waals surface area contributed by atoms with Gasteiger partial charge in [-0.25, -0.2) is 0 Å². The second kappa shape index (κ2) is 6.26. The predicted molar refractivity (Wildman–Crippen MR) is 88.8 cm³/mol. The van der Waals surface area contributed by atoms with Gasteiger partial charge in [0.25, 0.3) is 0 Å². The summed E-state index contributed by atoms with van der Waals surface area (Å²) < 4.78 is 41.9. The highest BCUT2D eigenvalue weighted by molar-refractivity contribution is 6.36. The van der Waals surface area contributed by atoms with Gasteiger partial charge >= 0.3 is 6.36 Å². The smallest absolute Gasteiger partial charge is 0.494 e. The Morgan fingerprint density at radius 3 is 2.48 bits per heavy atom. The van der Waals surface area contributed by atoms with Crippen molar-refractivity contribution in [2.24, 2.45) is 0 Å². The van der Waals surface area contributed by atoms with Crippen molar-refractivity contribution in [1.82, 2.24) is 4.57 Å². The molecule has 25 heavy (non-hydrogen) atoms. The van der Waals surface area contributed by atoms with E-state index in [0.29, 0.717) is 26.9 Å². The SMILES string of the molecule is C#Cc1cc(Cl)c2c(O)n(Cc3ccc(OC(F)(F)F)cc3)cc2c1. The van der Waals surface area contributed by atoms with Gasteiger partial charge in [0.2, 0.25) is 5.88 Å². The van der Waals surface area contributed by atoms with E-state index in [4.69, 9.17) is 18.0 Å². The van der Waals surface area contributed by atoms with Crippen molar-refractivity contribution in [3.8, 4) is 24.0 Å². The molecule has 0 aliphatic carbocycles. The van der Waals surface area contributed by atoms with Crippen LogP contribution in [-0.4, -0.2) is 16.0 Å². The summed E-state index contributed by atoms with van der Waals surface area (Å²) in [6.45, 7) is 0.245. The Balaban J connectivity index is 1.89. The van der Waals surface area contributed by atoms with Gasteiger partial charge in [-0.05, 0) is 29.8 Å². The second-order valence-corrected chi connectivity index (χ2v) is 5.75. The van der Waals surface area contributed by atoms with Gasteiger partial charge in [-0.3, -0.25) is 0 Å². The molecule has 0 fully saturated rings. The molecule has 1 heterocycles. The van der Waals surface area contributed by atoms with E-state index in [-0.39, 0.29) is 18.2 Å². The first kappa shape index (κ1) is 17.1. The molecular formula is C18H11ClF3NO2. The van der Waals surface area contributed by atoms with E-state index < -0.39 is 6.36 Å². The molecule has 0 unspecified atom stereocenters. The van der Waals surface area contributed by atoms with E-state index in [9.17, 15) is 18.3 Å². The summed E-state index contributed by atoms with van der Waals surface area (Å²) in [5.74, 6) is 2.13. The Bertz CT molecular complexity index is 969. The van der Waals surface area contributed by atoms with Crippen LogP contribution < -0.4 is 4.74 Å². The van der Waals surface area contributed by atoms with Gasteiger partial charge in [0.05, 0.1) is 17.0 Å². The van der Waals surface area contributed by atoms with Gasteiger partial charge in [-0.15, -0.1) is 19.6 Å². The topological polar surface area (TPSA) is 34.4 Å². The Labute approximate surface area is 146 Å². The summed E-state index contributed by atoms with van der Waals surface area (Å²) >= 11 is 6.15. The van der Waals surface area contributed by atoms with Crippen LogP contribution in [0.5, 0.6) is 11.6 Å². The largest absolute Gasteiger partial charge is 0.573 e. The van der Waals surface area contributed by atoms with E-state index in [0.717, 1.165) is 0 Å². The number of ether oxygens (including phenoxy) is 1. The number of nitrogens with zero attached hydrogens (tertiary/aromatic N) is 1. The van der Waals surface area contributed by atoms with Crippen molar-refractivity contribution in [1.29, 1.82) is 0 Å². The third-order valence-corrected chi connectivity index (χ3v) is 3.89. The maximum absolute atomic E-state index is 12.2. The minimum atomic E-state index is -4.73. The zero-order chi connectivity index (χ0) is 18.2. The molecule has 1 N–H and O–H groups in total. The van der Waals surface area contributed by atoms with Crippen molar-refractivity contribution < 1.29 is 23.0 Å². The van der Waals surface area contributed by atoms with Crippen LogP contribution in [0, 0.1) is 12.3 Å². The number of aromatic hydroxyl groups is 1. The molecule has 0 radical (unpaired) electrons. The standard InChI is InChI=1S/C18H11ClF3NO2/c1-2-11-7-13-10-23(17(24)16(13)15(19)8-11)9-12-3-5-14(6-4-12)25-18(20,21)22/h1,3-8,10,24H,9H2. The van der Waals surface area contributed by atoms with Crippen LogP contribution in [0.15, 0.2) is 42.6 Å². The lowest BCUT2D eigenvalue weighted by Crippen LogP contribution is -2.17. The number of aromatic nitrogens is 1. The third kappa shape index (κ3) is 3.67. The predicted octanol–water partition coefficient (Wildman–Crippen LogP) is 4.93. The first-order valence-corrected chi connectivity index (χ1v) is 7.47. The molecule has 0 amide bonds. The average Bonchev–Trinajstić information content (AvgIpc) is 2.84. The van der Waals surface area contributed by atoms with E-state index in [1.807, 2.05) is 0 Å². The molecule has 0 saturated heterocycles. The number of terminal acetylenes is 1. The molecule has 7 heteroatoms. The first-order chi connectivity index (χ1) is 11.8. The Morgan fingerprint density at radius 1 is 1.20 bits per heavy atom. The van der Waals surface area contributed by atoms with Crippen LogP contribution >= 0.6 is 11.6 Å².